The lowest BCUT2D eigenvalue weighted by molar-refractivity contribution is -0.151. The Morgan fingerprint density at radius 2 is 1.46 bits per heavy atom. The summed E-state index contributed by atoms with van der Waals surface area (Å²) < 4.78 is 0. The highest BCUT2D eigenvalue weighted by Gasteiger charge is 2.61. The quantitative estimate of drug-likeness (QED) is 0.261. The van der Waals surface area contributed by atoms with E-state index in [1.54, 1.807) is 0 Å². The van der Waals surface area contributed by atoms with Crippen LogP contribution in [0, 0.1) is 6.92 Å². The van der Waals surface area contributed by atoms with E-state index in [0.29, 0.717) is 24.5 Å². The highest BCUT2D eigenvalue weighted by molar-refractivity contribution is 6.30. The number of piperidine rings is 1. The van der Waals surface area contributed by atoms with Crippen LogP contribution in [-0.4, -0.2) is 29.4 Å². The van der Waals surface area contributed by atoms with Gasteiger partial charge in [-0.2, -0.15) is 0 Å². The van der Waals surface area contributed by atoms with E-state index in [-0.39, 0.29) is 23.8 Å². The number of Topliss-reactive ketones (excluding diaryl/α,β-unsaturated/α-hetero) is 1. The van der Waals surface area contributed by atoms with Crippen LogP contribution in [0.2, 0.25) is 5.02 Å². The number of para-hydroxylation sites is 1. The van der Waals surface area contributed by atoms with Gasteiger partial charge >= 0.3 is 0 Å². The van der Waals surface area contributed by atoms with Gasteiger partial charge in [0.15, 0.2) is 11.4 Å². The molecule has 4 nitrogen and oxygen atoms in total. The van der Waals surface area contributed by atoms with Crippen LogP contribution in [0.4, 0.5) is 5.69 Å². The smallest absolute Gasteiger partial charge is 0.176 e. The van der Waals surface area contributed by atoms with E-state index in [4.69, 9.17) is 16.4 Å². The molecule has 6 rings (SSSR count). The fourth-order valence-corrected chi connectivity index (χ4v) is 6.36. The van der Waals surface area contributed by atoms with Crippen LogP contribution in [0.1, 0.15) is 53.6 Å². The summed E-state index contributed by atoms with van der Waals surface area (Å²) in [4.78, 5) is 23.6. The number of anilines is 1. The summed E-state index contributed by atoms with van der Waals surface area (Å²) in [7, 11) is 0. The summed E-state index contributed by atoms with van der Waals surface area (Å²) in [6, 6.07) is 37.1. The molecule has 4 aromatic rings. The Morgan fingerprint density at radius 1 is 0.846 bits per heavy atom. The first-order chi connectivity index (χ1) is 19.0. The molecule has 0 radical (unpaired) electrons. The van der Waals surface area contributed by atoms with Crippen LogP contribution in [0.15, 0.2) is 109 Å². The maximum absolute atomic E-state index is 14.2. The number of likely N-dealkylation sites (tertiary alicyclic amines) is 1. The Kier molecular flexibility index (Phi) is 7.03. The molecule has 4 atom stereocenters. The number of hydrogen-bond donors (Lipinski definition) is 0. The Labute approximate surface area is 235 Å². The molecule has 0 bridgehead atoms. The van der Waals surface area contributed by atoms with Gasteiger partial charge in [0.1, 0.15) is 0 Å². The number of halogens is 1. The molecule has 39 heavy (non-hydrogen) atoms. The normalized spacial score (nSPS) is 24.3. The minimum absolute atomic E-state index is 0.147. The molecule has 0 N–H and O–H groups in total. The van der Waals surface area contributed by atoms with Crippen molar-refractivity contribution in [2.45, 2.75) is 43.9 Å². The van der Waals surface area contributed by atoms with Crippen molar-refractivity contribution < 1.29 is 9.63 Å². The molecule has 2 heterocycles. The zero-order valence-electron chi connectivity index (χ0n) is 22.3. The van der Waals surface area contributed by atoms with E-state index in [9.17, 15) is 4.79 Å². The first-order valence-corrected chi connectivity index (χ1v) is 14.0. The maximum Gasteiger partial charge on any atom is 0.176 e. The molecule has 2 aliphatic heterocycles. The maximum atomic E-state index is 14.2. The number of ketones is 1. The third-order valence-electron chi connectivity index (χ3n) is 8.36. The number of hydroxylamine groups is 1. The van der Waals surface area contributed by atoms with Gasteiger partial charge in [-0.1, -0.05) is 102 Å². The third-order valence-corrected chi connectivity index (χ3v) is 8.61. The molecule has 0 amide bonds. The molecule has 0 aliphatic carbocycles. The minimum atomic E-state index is -1.06. The van der Waals surface area contributed by atoms with Crippen molar-refractivity contribution in [2.24, 2.45) is 0 Å². The largest absolute Gasteiger partial charge is 0.296 e. The fraction of sp³-hybridized carbons (Fsp3) is 0.265. The summed E-state index contributed by atoms with van der Waals surface area (Å²) in [5.41, 5.74) is 4.46. The second-order valence-electron chi connectivity index (χ2n) is 10.8. The molecular weight excluding hydrogens is 504 g/mol. The SMILES string of the molecule is Cc1ccc([C@@H]2[C@H](c3ccc(Cl)cc3)[C@]3(CN([C@H](C)c4ccccc4)CCC3=O)ON2c2ccccc2)cc1. The van der Waals surface area contributed by atoms with E-state index in [2.05, 4.69) is 91.5 Å². The highest BCUT2D eigenvalue weighted by atomic mass is 35.5. The first kappa shape index (κ1) is 25.8. The average Bonchev–Trinajstić information content (AvgIpc) is 3.31. The number of rotatable bonds is 5. The second-order valence-corrected chi connectivity index (χ2v) is 11.2. The lowest BCUT2D eigenvalue weighted by Crippen LogP contribution is -2.58. The Bertz CT molecular complexity index is 1430. The van der Waals surface area contributed by atoms with Gasteiger partial charge in [-0.05, 0) is 54.8 Å². The zero-order chi connectivity index (χ0) is 27.0. The molecule has 0 unspecified atom stereocenters. The van der Waals surface area contributed by atoms with Crippen molar-refractivity contribution in [3.63, 3.8) is 0 Å². The topological polar surface area (TPSA) is 32.8 Å². The van der Waals surface area contributed by atoms with Gasteiger partial charge in [-0.25, -0.2) is 5.06 Å². The van der Waals surface area contributed by atoms with Gasteiger partial charge < -0.3 is 0 Å². The summed E-state index contributed by atoms with van der Waals surface area (Å²) in [5, 5.41) is 2.66. The molecule has 2 saturated heterocycles. The van der Waals surface area contributed by atoms with Crippen molar-refractivity contribution in [2.75, 3.05) is 18.2 Å². The molecular formula is C34H33ClN2O2. The zero-order valence-corrected chi connectivity index (χ0v) is 23.1. The van der Waals surface area contributed by atoms with Gasteiger partial charge in [0, 0.05) is 30.6 Å². The lowest BCUT2D eigenvalue weighted by Gasteiger charge is -2.43. The van der Waals surface area contributed by atoms with Crippen LogP contribution in [0.5, 0.6) is 0 Å². The highest BCUT2D eigenvalue weighted by Crippen LogP contribution is 2.55. The Morgan fingerprint density at radius 3 is 2.13 bits per heavy atom. The molecule has 4 aromatic carbocycles. The molecule has 0 saturated carbocycles. The fourth-order valence-electron chi connectivity index (χ4n) is 6.23. The van der Waals surface area contributed by atoms with Crippen molar-refractivity contribution in [3.8, 4) is 0 Å². The first-order valence-electron chi connectivity index (χ1n) is 13.6. The Hall–Kier alpha value is -3.44. The standard InChI is InChI=1S/C34H33ClN2O2/c1-24-13-15-28(16-14-24)33-32(27-17-19-29(35)20-18-27)34(39-37(33)30-11-7-4-8-12-30)23-36(22-21-31(34)38)25(2)26-9-5-3-6-10-26/h3-20,25,32-33H,21-23H2,1-2H3/t25-,32+,33-,34-/m1/s1. The van der Waals surface area contributed by atoms with E-state index >= 15 is 0 Å². The molecule has 5 heteroatoms. The van der Waals surface area contributed by atoms with Crippen LogP contribution < -0.4 is 5.06 Å². The van der Waals surface area contributed by atoms with E-state index in [1.165, 1.54) is 11.1 Å². The van der Waals surface area contributed by atoms with Crippen LogP contribution in [0.25, 0.3) is 0 Å². The summed E-state index contributed by atoms with van der Waals surface area (Å²) in [6.07, 6.45) is 0.435. The van der Waals surface area contributed by atoms with Crippen LogP contribution >= 0.6 is 11.6 Å². The number of hydrogen-bond acceptors (Lipinski definition) is 4. The van der Waals surface area contributed by atoms with Gasteiger partial charge in [0.05, 0.1) is 17.6 Å². The summed E-state index contributed by atoms with van der Waals surface area (Å²) >= 11 is 6.34. The van der Waals surface area contributed by atoms with Gasteiger partial charge in [-0.3, -0.25) is 14.5 Å². The molecule has 198 valence electrons. The van der Waals surface area contributed by atoms with Gasteiger partial charge in [0.25, 0.3) is 0 Å². The Balaban J connectivity index is 1.51. The van der Waals surface area contributed by atoms with E-state index in [1.807, 2.05) is 41.5 Å². The number of benzene rings is 4. The van der Waals surface area contributed by atoms with Crippen LogP contribution in [0.3, 0.4) is 0 Å². The molecule has 2 fully saturated rings. The van der Waals surface area contributed by atoms with Gasteiger partial charge in [-0.15, -0.1) is 0 Å². The predicted molar refractivity (Wildman–Crippen MR) is 157 cm³/mol. The second kappa shape index (κ2) is 10.6. The number of nitrogens with zero attached hydrogens (tertiary/aromatic N) is 2. The van der Waals surface area contributed by atoms with Gasteiger partial charge in [0.2, 0.25) is 0 Å². The van der Waals surface area contributed by atoms with Crippen molar-refractivity contribution >= 4 is 23.1 Å². The monoisotopic (exact) mass is 536 g/mol. The number of aryl methyl sites for hydroxylation is 1. The minimum Gasteiger partial charge on any atom is -0.296 e. The molecule has 0 aromatic heterocycles. The summed E-state index contributed by atoms with van der Waals surface area (Å²) in [5.74, 6) is -0.0922. The summed E-state index contributed by atoms with van der Waals surface area (Å²) in [6.45, 7) is 5.52. The van der Waals surface area contributed by atoms with Crippen molar-refractivity contribution in [1.82, 2.24) is 4.90 Å². The third kappa shape index (κ3) is 4.78. The average molecular weight is 537 g/mol. The van der Waals surface area contributed by atoms with E-state index < -0.39 is 5.60 Å². The van der Waals surface area contributed by atoms with Crippen LogP contribution in [-0.2, 0) is 9.63 Å². The van der Waals surface area contributed by atoms with Crippen molar-refractivity contribution in [1.29, 1.82) is 0 Å². The molecule has 1 spiro atoms. The molecule has 2 aliphatic rings. The van der Waals surface area contributed by atoms with Crippen molar-refractivity contribution in [3.05, 3.63) is 136 Å². The predicted octanol–water partition coefficient (Wildman–Crippen LogP) is 7.70. The number of carbonyl (C=O) groups is 1. The number of carbonyl (C=O) groups excluding carboxylic acids is 1. The van der Waals surface area contributed by atoms with E-state index in [0.717, 1.165) is 16.8 Å². The lowest BCUT2D eigenvalue weighted by atomic mass is 9.71.